The van der Waals surface area contributed by atoms with Gasteiger partial charge in [0.1, 0.15) is 11.5 Å². The van der Waals surface area contributed by atoms with Crippen LogP contribution in [0.2, 0.25) is 10.0 Å². The molecule has 2 N–H and O–H groups in total. The largest absolute Gasteiger partial charge is 0.374 e. The highest BCUT2D eigenvalue weighted by Crippen LogP contribution is 2.37. The fourth-order valence-electron chi connectivity index (χ4n) is 5.14. The monoisotopic (exact) mass is 530 g/mol. The summed E-state index contributed by atoms with van der Waals surface area (Å²) >= 11 is 12.5. The van der Waals surface area contributed by atoms with Gasteiger partial charge in [0.2, 0.25) is 5.91 Å². The SMILES string of the molecule is CC1c2c(Cl)cc(Cl)cc2CCN1C(=O)CNc1cc2cc(C(=O)N3CCCC3)[nH]c(=O)c2cc1F. The Bertz CT molecular complexity index is 1430. The van der Waals surface area contributed by atoms with Crippen LogP contribution < -0.4 is 10.9 Å². The molecule has 0 radical (unpaired) electrons. The molecule has 0 bridgehead atoms. The summed E-state index contributed by atoms with van der Waals surface area (Å²) in [6, 6.07) is 7.41. The fourth-order valence-corrected chi connectivity index (χ4v) is 5.84. The predicted molar refractivity (Wildman–Crippen MR) is 138 cm³/mol. The number of fused-ring (bicyclic) bond motifs is 2. The average molecular weight is 531 g/mol. The third kappa shape index (κ3) is 4.55. The molecule has 1 atom stereocenters. The van der Waals surface area contributed by atoms with Gasteiger partial charge in [0.05, 0.1) is 23.7 Å². The first-order valence-electron chi connectivity index (χ1n) is 11.9. The first kappa shape index (κ1) is 24.6. The van der Waals surface area contributed by atoms with Crippen LogP contribution in [0.4, 0.5) is 10.1 Å². The molecule has 2 aliphatic heterocycles. The molecule has 1 fully saturated rings. The third-order valence-corrected chi connectivity index (χ3v) is 7.52. The van der Waals surface area contributed by atoms with Crippen molar-refractivity contribution < 1.29 is 14.0 Å². The first-order chi connectivity index (χ1) is 17.2. The summed E-state index contributed by atoms with van der Waals surface area (Å²) in [5, 5.41) is 4.49. The second-order valence-electron chi connectivity index (χ2n) is 9.26. The summed E-state index contributed by atoms with van der Waals surface area (Å²) in [6.07, 6.45) is 2.47. The van der Waals surface area contributed by atoms with Gasteiger partial charge >= 0.3 is 0 Å². The van der Waals surface area contributed by atoms with Crippen LogP contribution in [0.1, 0.15) is 47.4 Å². The molecule has 0 aliphatic carbocycles. The summed E-state index contributed by atoms with van der Waals surface area (Å²) in [4.78, 5) is 44.3. The summed E-state index contributed by atoms with van der Waals surface area (Å²) in [6.45, 7) is 3.54. The molecule has 1 saturated heterocycles. The van der Waals surface area contributed by atoms with E-state index in [9.17, 15) is 18.8 Å². The highest BCUT2D eigenvalue weighted by Gasteiger charge is 2.29. The lowest BCUT2D eigenvalue weighted by Crippen LogP contribution is -2.42. The Labute approximate surface area is 217 Å². The molecule has 1 unspecified atom stereocenters. The Hall–Kier alpha value is -3.10. The number of aromatic amines is 1. The van der Waals surface area contributed by atoms with Crippen molar-refractivity contribution in [3.05, 3.63) is 73.4 Å². The van der Waals surface area contributed by atoms with Gasteiger partial charge in [-0.1, -0.05) is 23.2 Å². The van der Waals surface area contributed by atoms with Crippen molar-refractivity contribution in [1.82, 2.24) is 14.8 Å². The van der Waals surface area contributed by atoms with Crippen molar-refractivity contribution in [2.75, 3.05) is 31.5 Å². The summed E-state index contributed by atoms with van der Waals surface area (Å²) in [7, 11) is 0. The number of nitrogens with zero attached hydrogens (tertiary/aromatic N) is 2. The second-order valence-corrected chi connectivity index (χ2v) is 10.1. The number of rotatable bonds is 4. The van der Waals surface area contributed by atoms with E-state index in [0.717, 1.165) is 30.0 Å². The molecular formula is C26H25Cl2FN4O3. The minimum absolute atomic E-state index is 0.0795. The lowest BCUT2D eigenvalue weighted by molar-refractivity contribution is -0.131. The summed E-state index contributed by atoms with van der Waals surface area (Å²) < 4.78 is 14.8. The molecule has 1 aromatic heterocycles. The molecule has 3 aromatic rings. The van der Waals surface area contributed by atoms with Crippen molar-refractivity contribution in [3.63, 3.8) is 0 Å². The number of carbonyl (C=O) groups excluding carboxylic acids is 2. The zero-order valence-corrected chi connectivity index (χ0v) is 21.2. The summed E-state index contributed by atoms with van der Waals surface area (Å²) in [5.74, 6) is -1.12. The number of H-pyrrole nitrogens is 1. The number of hydrogen-bond donors (Lipinski definition) is 2. The summed E-state index contributed by atoms with van der Waals surface area (Å²) in [5.41, 5.74) is 1.60. The number of carbonyl (C=O) groups is 2. The zero-order chi connectivity index (χ0) is 25.6. The van der Waals surface area contributed by atoms with E-state index in [1.807, 2.05) is 13.0 Å². The average Bonchev–Trinajstić information content (AvgIpc) is 3.37. The molecule has 7 nitrogen and oxygen atoms in total. The van der Waals surface area contributed by atoms with Crippen LogP contribution >= 0.6 is 23.2 Å². The van der Waals surface area contributed by atoms with Gasteiger partial charge in [-0.15, -0.1) is 0 Å². The minimum atomic E-state index is -0.658. The molecule has 2 amide bonds. The predicted octanol–water partition coefficient (Wildman–Crippen LogP) is 4.77. The number of nitrogens with one attached hydrogen (secondary N) is 2. The molecule has 2 aliphatic rings. The molecule has 0 saturated carbocycles. The van der Waals surface area contributed by atoms with E-state index < -0.39 is 11.4 Å². The zero-order valence-electron chi connectivity index (χ0n) is 19.7. The maximum atomic E-state index is 14.8. The van der Waals surface area contributed by atoms with Crippen LogP contribution in [-0.4, -0.2) is 52.8 Å². The Balaban J connectivity index is 1.35. The van der Waals surface area contributed by atoms with E-state index in [1.54, 1.807) is 21.9 Å². The lowest BCUT2D eigenvalue weighted by Gasteiger charge is -2.36. The van der Waals surface area contributed by atoms with E-state index in [4.69, 9.17) is 23.2 Å². The van der Waals surface area contributed by atoms with E-state index in [1.165, 1.54) is 6.07 Å². The van der Waals surface area contributed by atoms with Crippen LogP contribution in [0.3, 0.4) is 0 Å². The van der Waals surface area contributed by atoms with Crippen LogP contribution in [0, 0.1) is 5.82 Å². The molecule has 188 valence electrons. The maximum absolute atomic E-state index is 14.8. The Morgan fingerprint density at radius 2 is 1.86 bits per heavy atom. The van der Waals surface area contributed by atoms with Crippen molar-refractivity contribution in [2.24, 2.45) is 0 Å². The van der Waals surface area contributed by atoms with E-state index in [2.05, 4.69) is 10.3 Å². The Morgan fingerprint density at radius 1 is 1.11 bits per heavy atom. The third-order valence-electron chi connectivity index (χ3n) is 6.99. The lowest BCUT2D eigenvalue weighted by atomic mass is 9.93. The standard InChI is InChI=1S/C26H25Cl2FN4O3/c1-14-24-15(8-17(27)11-19(24)28)4-7-33(14)23(34)13-30-21-9-16-10-22(26(36)32-5-2-3-6-32)31-25(35)18(16)12-20(21)29/h8-12,14,30H,2-7,13H2,1H3,(H,31,35). The van der Waals surface area contributed by atoms with Crippen LogP contribution in [0.15, 0.2) is 35.1 Å². The van der Waals surface area contributed by atoms with Gasteiger partial charge in [0.25, 0.3) is 11.5 Å². The number of benzene rings is 2. The molecular weight excluding hydrogens is 506 g/mol. The highest BCUT2D eigenvalue weighted by molar-refractivity contribution is 6.35. The number of pyridine rings is 1. The number of halogens is 3. The Kier molecular flexibility index (Phi) is 6.66. The topological polar surface area (TPSA) is 85.5 Å². The van der Waals surface area contributed by atoms with Crippen LogP contribution in [0.25, 0.3) is 10.8 Å². The van der Waals surface area contributed by atoms with Gasteiger partial charge in [-0.3, -0.25) is 14.4 Å². The molecule has 2 aromatic carbocycles. The van der Waals surface area contributed by atoms with Gasteiger partial charge in [-0.25, -0.2) is 4.39 Å². The van der Waals surface area contributed by atoms with E-state index in [0.29, 0.717) is 41.5 Å². The quantitative estimate of drug-likeness (QED) is 0.508. The molecule has 0 spiro atoms. The van der Waals surface area contributed by atoms with Gasteiger partial charge < -0.3 is 20.1 Å². The van der Waals surface area contributed by atoms with Gasteiger partial charge in [-0.05, 0) is 73.0 Å². The van der Waals surface area contributed by atoms with Gasteiger partial charge in [0.15, 0.2) is 0 Å². The molecule has 5 rings (SSSR count). The number of likely N-dealkylation sites (tertiary alicyclic amines) is 1. The number of aromatic nitrogens is 1. The van der Waals surface area contributed by atoms with Gasteiger partial charge in [-0.2, -0.15) is 0 Å². The van der Waals surface area contributed by atoms with Crippen molar-refractivity contribution >= 4 is 51.5 Å². The van der Waals surface area contributed by atoms with Crippen LogP contribution in [-0.2, 0) is 11.2 Å². The molecule has 10 heteroatoms. The normalized spacial score (nSPS) is 17.4. The number of hydrogen-bond acceptors (Lipinski definition) is 4. The second kappa shape index (κ2) is 9.75. The smallest absolute Gasteiger partial charge is 0.270 e. The van der Waals surface area contributed by atoms with Crippen LogP contribution in [0.5, 0.6) is 0 Å². The van der Waals surface area contributed by atoms with Crippen molar-refractivity contribution in [2.45, 2.75) is 32.2 Å². The van der Waals surface area contributed by atoms with E-state index in [-0.39, 0.29) is 41.2 Å². The first-order valence-corrected chi connectivity index (χ1v) is 12.7. The van der Waals surface area contributed by atoms with Crippen molar-refractivity contribution in [1.29, 1.82) is 0 Å². The highest BCUT2D eigenvalue weighted by atomic mass is 35.5. The van der Waals surface area contributed by atoms with Crippen molar-refractivity contribution in [3.8, 4) is 0 Å². The molecule has 3 heterocycles. The maximum Gasteiger partial charge on any atom is 0.270 e. The number of anilines is 1. The van der Waals surface area contributed by atoms with E-state index >= 15 is 0 Å². The minimum Gasteiger partial charge on any atom is -0.374 e. The number of amides is 2. The molecule has 36 heavy (non-hydrogen) atoms. The van der Waals surface area contributed by atoms with Gasteiger partial charge in [0, 0.05) is 29.7 Å². The fraction of sp³-hybridized carbons (Fsp3) is 0.346. The Morgan fingerprint density at radius 3 is 2.61 bits per heavy atom.